The molecule has 5 N–H and O–H groups in total. The zero-order valence-electron chi connectivity index (χ0n) is 10.3. The Balaban J connectivity index is 1.82. The van der Waals surface area contributed by atoms with Gasteiger partial charge in [-0.25, -0.2) is 9.97 Å². The molecule has 3 heterocycles. The lowest BCUT2D eigenvalue weighted by Gasteiger charge is -2.12. The molecule has 0 amide bonds. The Bertz CT molecular complexity index is 590. The van der Waals surface area contributed by atoms with Crippen LogP contribution in [0.2, 0.25) is 0 Å². The fourth-order valence-electron chi connectivity index (χ4n) is 2.08. The van der Waals surface area contributed by atoms with Gasteiger partial charge in [-0.2, -0.15) is 4.99 Å². The van der Waals surface area contributed by atoms with Gasteiger partial charge in [0, 0.05) is 18.5 Å². The van der Waals surface area contributed by atoms with Crippen LogP contribution in [0, 0.1) is 0 Å². The summed E-state index contributed by atoms with van der Waals surface area (Å²) in [4.78, 5) is 18.2. The van der Waals surface area contributed by atoms with E-state index in [-0.39, 0.29) is 5.96 Å². The van der Waals surface area contributed by atoms with Crippen molar-refractivity contribution >= 4 is 28.4 Å². The van der Waals surface area contributed by atoms with Crippen molar-refractivity contribution in [3.8, 4) is 11.4 Å². The molecule has 0 spiro atoms. The molecular formula is C11H15N7S. The van der Waals surface area contributed by atoms with Gasteiger partial charge in [0.1, 0.15) is 5.69 Å². The quantitative estimate of drug-likeness (QED) is 0.573. The van der Waals surface area contributed by atoms with Gasteiger partial charge < -0.3 is 21.4 Å². The third-order valence-corrected chi connectivity index (χ3v) is 3.70. The van der Waals surface area contributed by atoms with Crippen molar-refractivity contribution in [2.75, 3.05) is 18.0 Å². The first-order valence-electron chi connectivity index (χ1n) is 6.08. The maximum absolute atomic E-state index is 5.33. The molecule has 3 rings (SSSR count). The van der Waals surface area contributed by atoms with Crippen LogP contribution >= 0.6 is 11.3 Å². The van der Waals surface area contributed by atoms with E-state index in [2.05, 4.69) is 24.8 Å². The lowest BCUT2D eigenvalue weighted by molar-refractivity contribution is 0.918. The Kier molecular flexibility index (Phi) is 3.08. The number of aliphatic imine (C=N–C) groups is 1. The van der Waals surface area contributed by atoms with Gasteiger partial charge in [0.15, 0.2) is 5.96 Å². The molecule has 8 heteroatoms. The summed E-state index contributed by atoms with van der Waals surface area (Å²) in [5.74, 6) is 0.923. The molecule has 0 unspecified atom stereocenters. The Morgan fingerprint density at radius 1 is 1.37 bits per heavy atom. The number of imidazole rings is 1. The number of hydrogen-bond acceptors (Lipinski definition) is 5. The molecule has 2 aromatic rings. The molecule has 1 aliphatic heterocycles. The molecule has 0 saturated carbocycles. The lowest BCUT2D eigenvalue weighted by atomic mass is 10.4. The molecule has 100 valence electrons. The second kappa shape index (κ2) is 4.88. The largest absolute Gasteiger partial charge is 0.370 e. The van der Waals surface area contributed by atoms with Crippen molar-refractivity contribution in [1.29, 1.82) is 0 Å². The zero-order valence-corrected chi connectivity index (χ0v) is 11.2. The summed E-state index contributed by atoms with van der Waals surface area (Å²) >= 11 is 1.39. The predicted molar refractivity (Wildman–Crippen MR) is 76.6 cm³/mol. The van der Waals surface area contributed by atoms with E-state index in [9.17, 15) is 0 Å². The fourth-order valence-corrected chi connectivity index (χ4v) is 2.79. The topological polar surface area (TPSA) is 109 Å². The first-order valence-corrected chi connectivity index (χ1v) is 6.96. The second-order valence-electron chi connectivity index (χ2n) is 4.37. The maximum Gasteiger partial charge on any atom is 0.212 e. The minimum Gasteiger partial charge on any atom is -0.370 e. The van der Waals surface area contributed by atoms with Crippen molar-refractivity contribution < 1.29 is 0 Å². The van der Waals surface area contributed by atoms with E-state index in [1.54, 1.807) is 6.20 Å². The number of hydrogen-bond donors (Lipinski definition) is 3. The number of anilines is 1. The number of nitrogens with zero attached hydrogens (tertiary/aromatic N) is 4. The molecule has 1 saturated heterocycles. The standard InChI is InChI=1S/C11H15N7S/c12-9(13)17-11-16-8(6-19-11)7-5-14-10(15-7)18-3-1-2-4-18/h5-6H,1-4H2,(H,14,15)(H4,12,13,16,17). The minimum absolute atomic E-state index is 0.0169. The average molecular weight is 277 g/mol. The van der Waals surface area contributed by atoms with E-state index >= 15 is 0 Å². The summed E-state index contributed by atoms with van der Waals surface area (Å²) in [5, 5.41) is 2.45. The molecule has 0 bridgehead atoms. The molecule has 0 radical (unpaired) electrons. The Hall–Kier alpha value is -2.09. The van der Waals surface area contributed by atoms with Crippen molar-refractivity contribution in [1.82, 2.24) is 15.0 Å². The summed E-state index contributed by atoms with van der Waals surface area (Å²) < 4.78 is 0. The van der Waals surface area contributed by atoms with Crippen molar-refractivity contribution in [3.05, 3.63) is 11.6 Å². The van der Waals surface area contributed by atoms with Gasteiger partial charge >= 0.3 is 0 Å². The highest BCUT2D eigenvalue weighted by atomic mass is 32.1. The highest BCUT2D eigenvalue weighted by Gasteiger charge is 2.16. The first-order chi connectivity index (χ1) is 9.22. The third-order valence-electron chi connectivity index (χ3n) is 2.96. The summed E-state index contributed by atoms with van der Waals surface area (Å²) in [6.45, 7) is 2.12. The summed E-state index contributed by atoms with van der Waals surface area (Å²) in [6.07, 6.45) is 4.24. The van der Waals surface area contributed by atoms with Gasteiger partial charge in [-0.1, -0.05) is 0 Å². The van der Waals surface area contributed by atoms with Crippen LogP contribution in [0.25, 0.3) is 11.4 Å². The van der Waals surface area contributed by atoms with Gasteiger partial charge in [-0.05, 0) is 12.8 Å². The second-order valence-corrected chi connectivity index (χ2v) is 5.20. The van der Waals surface area contributed by atoms with Gasteiger partial charge in [0.05, 0.1) is 11.9 Å². The Morgan fingerprint density at radius 2 is 2.16 bits per heavy atom. The normalized spacial score (nSPS) is 14.8. The van der Waals surface area contributed by atoms with Crippen LogP contribution in [0.5, 0.6) is 0 Å². The SMILES string of the molecule is NC(N)=Nc1nc(-c2cnc(N3CCCC3)[nH]2)cs1. The molecule has 1 fully saturated rings. The number of nitrogens with one attached hydrogen (secondary N) is 1. The molecule has 0 atom stereocenters. The van der Waals surface area contributed by atoms with Crippen molar-refractivity contribution in [2.45, 2.75) is 12.8 Å². The monoisotopic (exact) mass is 277 g/mol. The van der Waals surface area contributed by atoms with E-state index in [0.717, 1.165) is 30.4 Å². The summed E-state index contributed by atoms with van der Waals surface area (Å²) in [6, 6.07) is 0. The average Bonchev–Trinajstić information content (AvgIpc) is 3.09. The molecule has 0 aromatic carbocycles. The van der Waals surface area contributed by atoms with Gasteiger partial charge in [0.25, 0.3) is 0 Å². The van der Waals surface area contributed by atoms with E-state index in [4.69, 9.17) is 11.5 Å². The zero-order chi connectivity index (χ0) is 13.2. The lowest BCUT2D eigenvalue weighted by Crippen LogP contribution is -2.21. The van der Waals surface area contributed by atoms with Crippen LogP contribution in [0.15, 0.2) is 16.6 Å². The van der Waals surface area contributed by atoms with Crippen LogP contribution < -0.4 is 16.4 Å². The van der Waals surface area contributed by atoms with E-state index in [1.807, 2.05) is 5.38 Å². The summed E-state index contributed by atoms with van der Waals surface area (Å²) in [7, 11) is 0. The number of aromatic amines is 1. The highest BCUT2D eigenvalue weighted by molar-refractivity contribution is 7.13. The maximum atomic E-state index is 5.33. The van der Waals surface area contributed by atoms with E-state index in [1.165, 1.54) is 24.2 Å². The van der Waals surface area contributed by atoms with Crippen LogP contribution in [0.1, 0.15) is 12.8 Å². The number of thiazole rings is 1. The number of aromatic nitrogens is 3. The minimum atomic E-state index is 0.0169. The number of H-pyrrole nitrogens is 1. The molecule has 19 heavy (non-hydrogen) atoms. The van der Waals surface area contributed by atoms with Crippen LogP contribution in [0.3, 0.4) is 0 Å². The van der Waals surface area contributed by atoms with E-state index in [0.29, 0.717) is 5.13 Å². The van der Waals surface area contributed by atoms with E-state index < -0.39 is 0 Å². The molecular weight excluding hydrogens is 262 g/mol. The molecule has 7 nitrogen and oxygen atoms in total. The van der Waals surface area contributed by atoms with Crippen LogP contribution in [-0.4, -0.2) is 34.0 Å². The van der Waals surface area contributed by atoms with Crippen molar-refractivity contribution in [2.24, 2.45) is 16.5 Å². The molecule has 0 aliphatic carbocycles. The van der Waals surface area contributed by atoms with Gasteiger partial charge in [0.2, 0.25) is 11.1 Å². The highest BCUT2D eigenvalue weighted by Crippen LogP contribution is 2.27. The number of nitrogens with two attached hydrogens (primary N) is 2. The number of guanidine groups is 1. The fraction of sp³-hybridized carbons (Fsp3) is 0.364. The first kappa shape index (κ1) is 12.0. The summed E-state index contributed by atoms with van der Waals surface area (Å²) in [5.41, 5.74) is 12.3. The smallest absolute Gasteiger partial charge is 0.212 e. The number of rotatable bonds is 3. The Morgan fingerprint density at radius 3 is 2.89 bits per heavy atom. The van der Waals surface area contributed by atoms with Gasteiger partial charge in [-0.3, -0.25) is 0 Å². The third kappa shape index (κ3) is 2.53. The predicted octanol–water partition coefficient (Wildman–Crippen LogP) is 1.04. The Labute approximate surface area is 114 Å². The van der Waals surface area contributed by atoms with Gasteiger partial charge in [-0.15, -0.1) is 11.3 Å². The van der Waals surface area contributed by atoms with Crippen LogP contribution in [0.4, 0.5) is 11.1 Å². The van der Waals surface area contributed by atoms with Crippen LogP contribution in [-0.2, 0) is 0 Å². The molecule has 1 aliphatic rings. The molecule has 2 aromatic heterocycles. The van der Waals surface area contributed by atoms with Crippen molar-refractivity contribution in [3.63, 3.8) is 0 Å².